The Balaban J connectivity index is 5.38. The minimum atomic E-state index is -1.32. The minimum absolute atomic E-state index is 0.168. The number of carbonyl (C=O) groups is 5. The van der Waals surface area contributed by atoms with Crippen molar-refractivity contribution in [2.45, 2.75) is 65.1 Å². The van der Waals surface area contributed by atoms with Gasteiger partial charge in [0.15, 0.2) is 0 Å². The molecular weight excluding hydrogens is 382 g/mol. The van der Waals surface area contributed by atoms with Gasteiger partial charge in [0.25, 0.3) is 0 Å². The Morgan fingerprint density at radius 2 is 1.48 bits per heavy atom. The third-order valence-electron chi connectivity index (χ3n) is 4.54. The van der Waals surface area contributed by atoms with Crippen molar-refractivity contribution < 1.29 is 29.1 Å². The second-order valence-electron chi connectivity index (χ2n) is 7.27. The van der Waals surface area contributed by atoms with E-state index in [1.165, 1.54) is 0 Å². The van der Waals surface area contributed by atoms with Crippen LogP contribution in [-0.4, -0.2) is 59.4 Å². The van der Waals surface area contributed by atoms with Crippen LogP contribution in [0.25, 0.3) is 0 Å². The molecule has 4 atom stereocenters. The molecule has 0 aromatic heterocycles. The number of nitrogens with one attached hydrogen (secondary N) is 3. The van der Waals surface area contributed by atoms with Gasteiger partial charge in [0.1, 0.15) is 18.1 Å². The highest BCUT2D eigenvalue weighted by Crippen LogP contribution is 2.11. The molecule has 4 unspecified atom stereocenters. The first-order chi connectivity index (χ1) is 13.4. The molecule has 0 fully saturated rings. The van der Waals surface area contributed by atoms with Crippen molar-refractivity contribution in [1.29, 1.82) is 0 Å². The number of nitrogens with two attached hydrogens (primary N) is 2. The molecule has 0 aliphatic rings. The molecule has 0 aromatic rings. The standard InChI is InChI=1S/C18H33N5O6/c1-5-10(4)15(17(27)21-11(18(28)29)6-7-12(20)24)23-16(26)14(9(2)3)22-13(25)8-19/h9-11,14-15H,5-8,19H2,1-4H3,(H2,20,24)(H,21,27)(H,22,25)(H,23,26)(H,28,29). The number of carbonyl (C=O) groups excluding carboxylic acids is 4. The molecule has 0 aliphatic heterocycles. The average molecular weight is 415 g/mol. The normalized spacial score (nSPS) is 15.0. The third kappa shape index (κ3) is 9.37. The lowest BCUT2D eigenvalue weighted by Crippen LogP contribution is -2.59. The van der Waals surface area contributed by atoms with Crippen molar-refractivity contribution in [3.8, 4) is 0 Å². The van der Waals surface area contributed by atoms with Crippen LogP contribution in [0, 0.1) is 11.8 Å². The number of primary amides is 1. The van der Waals surface area contributed by atoms with Crippen LogP contribution in [0.4, 0.5) is 0 Å². The SMILES string of the molecule is CCC(C)C(NC(=O)C(NC(=O)CN)C(C)C)C(=O)NC(CCC(N)=O)C(=O)O. The number of hydrogen-bond acceptors (Lipinski definition) is 6. The molecule has 11 nitrogen and oxygen atoms in total. The van der Waals surface area contributed by atoms with E-state index in [9.17, 15) is 29.1 Å². The summed E-state index contributed by atoms with van der Waals surface area (Å²) in [5, 5.41) is 16.7. The predicted molar refractivity (Wildman–Crippen MR) is 105 cm³/mol. The number of amides is 4. The number of hydrogen-bond donors (Lipinski definition) is 6. The van der Waals surface area contributed by atoms with Gasteiger partial charge < -0.3 is 32.5 Å². The average Bonchev–Trinajstić information content (AvgIpc) is 2.65. The highest BCUT2D eigenvalue weighted by Gasteiger charge is 2.33. The largest absolute Gasteiger partial charge is 0.480 e. The molecule has 166 valence electrons. The number of rotatable bonds is 13. The molecule has 0 heterocycles. The van der Waals surface area contributed by atoms with E-state index in [1.807, 2.05) is 6.92 Å². The molecule has 0 spiro atoms. The van der Waals surface area contributed by atoms with E-state index in [0.717, 1.165) is 0 Å². The van der Waals surface area contributed by atoms with Gasteiger partial charge >= 0.3 is 5.97 Å². The number of carboxylic acid groups (broad SMARTS) is 1. The van der Waals surface area contributed by atoms with Crippen molar-refractivity contribution in [3.05, 3.63) is 0 Å². The molecular formula is C18H33N5O6. The fourth-order valence-corrected chi connectivity index (χ4v) is 2.52. The Morgan fingerprint density at radius 3 is 1.90 bits per heavy atom. The molecule has 0 saturated heterocycles. The van der Waals surface area contributed by atoms with E-state index in [0.29, 0.717) is 6.42 Å². The second kappa shape index (κ2) is 12.7. The molecule has 0 radical (unpaired) electrons. The summed E-state index contributed by atoms with van der Waals surface area (Å²) in [7, 11) is 0. The lowest BCUT2D eigenvalue weighted by Gasteiger charge is -2.28. The van der Waals surface area contributed by atoms with Crippen LogP contribution in [-0.2, 0) is 24.0 Å². The van der Waals surface area contributed by atoms with Gasteiger partial charge in [0.2, 0.25) is 23.6 Å². The second-order valence-corrected chi connectivity index (χ2v) is 7.27. The van der Waals surface area contributed by atoms with Crippen LogP contribution >= 0.6 is 0 Å². The molecule has 8 N–H and O–H groups in total. The first-order valence-corrected chi connectivity index (χ1v) is 9.55. The lowest BCUT2D eigenvalue weighted by molar-refractivity contribution is -0.143. The summed E-state index contributed by atoms with van der Waals surface area (Å²) in [4.78, 5) is 59.3. The van der Waals surface area contributed by atoms with E-state index >= 15 is 0 Å². The third-order valence-corrected chi connectivity index (χ3v) is 4.54. The highest BCUT2D eigenvalue weighted by molar-refractivity contribution is 5.94. The van der Waals surface area contributed by atoms with Gasteiger partial charge in [0, 0.05) is 6.42 Å². The summed E-state index contributed by atoms with van der Waals surface area (Å²) in [5.74, 6) is -4.38. The van der Waals surface area contributed by atoms with Crippen LogP contribution in [0.15, 0.2) is 0 Å². The smallest absolute Gasteiger partial charge is 0.326 e. The molecule has 29 heavy (non-hydrogen) atoms. The molecule has 4 amide bonds. The van der Waals surface area contributed by atoms with Crippen molar-refractivity contribution in [2.75, 3.05) is 6.54 Å². The summed E-state index contributed by atoms with van der Waals surface area (Å²) in [6, 6.07) is -3.26. The monoisotopic (exact) mass is 415 g/mol. The highest BCUT2D eigenvalue weighted by atomic mass is 16.4. The van der Waals surface area contributed by atoms with Gasteiger partial charge in [0.05, 0.1) is 6.54 Å². The number of aliphatic carboxylic acids is 1. The zero-order valence-electron chi connectivity index (χ0n) is 17.4. The number of carboxylic acids is 1. The van der Waals surface area contributed by atoms with Crippen molar-refractivity contribution >= 4 is 29.6 Å². The Morgan fingerprint density at radius 1 is 0.931 bits per heavy atom. The molecule has 0 aromatic carbocycles. The maximum Gasteiger partial charge on any atom is 0.326 e. The van der Waals surface area contributed by atoms with Gasteiger partial charge in [-0.15, -0.1) is 0 Å². The van der Waals surface area contributed by atoms with Gasteiger partial charge in [-0.25, -0.2) is 4.79 Å². The molecule has 0 bridgehead atoms. The Kier molecular flexibility index (Phi) is 11.5. The zero-order valence-corrected chi connectivity index (χ0v) is 17.4. The Hall–Kier alpha value is -2.69. The maximum absolute atomic E-state index is 12.7. The van der Waals surface area contributed by atoms with Crippen LogP contribution in [0.1, 0.15) is 47.0 Å². The first-order valence-electron chi connectivity index (χ1n) is 9.55. The topological polar surface area (TPSA) is 194 Å². The summed E-state index contributed by atoms with van der Waals surface area (Å²) in [5.41, 5.74) is 10.3. The van der Waals surface area contributed by atoms with E-state index in [-0.39, 0.29) is 31.2 Å². The van der Waals surface area contributed by atoms with E-state index in [1.54, 1.807) is 20.8 Å². The zero-order chi connectivity index (χ0) is 22.7. The van der Waals surface area contributed by atoms with Crippen LogP contribution in [0.3, 0.4) is 0 Å². The summed E-state index contributed by atoms with van der Waals surface area (Å²) in [6.45, 7) is 6.71. The fourth-order valence-electron chi connectivity index (χ4n) is 2.52. The summed E-state index contributed by atoms with van der Waals surface area (Å²) >= 11 is 0. The van der Waals surface area contributed by atoms with Gasteiger partial charge in [-0.1, -0.05) is 34.1 Å². The van der Waals surface area contributed by atoms with E-state index < -0.39 is 47.7 Å². The summed E-state index contributed by atoms with van der Waals surface area (Å²) < 4.78 is 0. The Labute approximate surface area is 170 Å². The fraction of sp³-hybridized carbons (Fsp3) is 0.722. The van der Waals surface area contributed by atoms with Gasteiger partial charge in [-0.05, 0) is 18.3 Å². The molecule has 11 heteroatoms. The minimum Gasteiger partial charge on any atom is -0.480 e. The molecule has 0 aliphatic carbocycles. The lowest BCUT2D eigenvalue weighted by atomic mass is 9.96. The van der Waals surface area contributed by atoms with Crippen molar-refractivity contribution in [1.82, 2.24) is 16.0 Å². The summed E-state index contributed by atoms with van der Waals surface area (Å²) in [6.07, 6.45) is 0.149. The van der Waals surface area contributed by atoms with Gasteiger partial charge in [-0.3, -0.25) is 19.2 Å². The Bertz CT molecular complexity index is 610. The first kappa shape index (κ1) is 26.3. The van der Waals surface area contributed by atoms with Crippen LogP contribution < -0.4 is 27.4 Å². The predicted octanol–water partition coefficient (Wildman–Crippen LogP) is -1.55. The molecule has 0 rings (SSSR count). The van der Waals surface area contributed by atoms with Crippen LogP contribution in [0.2, 0.25) is 0 Å². The quantitative estimate of drug-likeness (QED) is 0.209. The maximum atomic E-state index is 12.7. The van der Waals surface area contributed by atoms with Gasteiger partial charge in [-0.2, -0.15) is 0 Å². The van der Waals surface area contributed by atoms with Crippen molar-refractivity contribution in [3.63, 3.8) is 0 Å². The van der Waals surface area contributed by atoms with E-state index in [4.69, 9.17) is 11.5 Å². The molecule has 0 saturated carbocycles. The van der Waals surface area contributed by atoms with Crippen LogP contribution in [0.5, 0.6) is 0 Å². The van der Waals surface area contributed by atoms with Crippen molar-refractivity contribution in [2.24, 2.45) is 23.3 Å². The van der Waals surface area contributed by atoms with E-state index in [2.05, 4.69) is 16.0 Å².